The van der Waals surface area contributed by atoms with Gasteiger partial charge in [0, 0.05) is 12.1 Å². The molecule has 0 unspecified atom stereocenters. The fourth-order valence-electron chi connectivity index (χ4n) is 2.17. The Hall–Kier alpha value is -4.27. The molecular formula is C19H14N4O5. The Morgan fingerprint density at radius 3 is 2.54 bits per heavy atom. The largest absolute Gasteiger partial charge is 0.507 e. The third kappa shape index (κ3) is 4.67. The van der Waals surface area contributed by atoms with Crippen molar-refractivity contribution in [3.05, 3.63) is 88.1 Å². The van der Waals surface area contributed by atoms with Crippen molar-refractivity contribution in [2.75, 3.05) is 0 Å². The van der Waals surface area contributed by atoms with E-state index in [-0.39, 0.29) is 22.9 Å². The molecule has 2 aromatic carbocycles. The summed E-state index contributed by atoms with van der Waals surface area (Å²) in [6.07, 6.45) is 2.55. The van der Waals surface area contributed by atoms with Crippen LogP contribution in [0.25, 0.3) is 0 Å². The van der Waals surface area contributed by atoms with Crippen LogP contribution in [0.5, 0.6) is 17.4 Å². The molecular weight excluding hydrogens is 364 g/mol. The van der Waals surface area contributed by atoms with E-state index in [0.717, 1.165) is 6.20 Å². The fraction of sp³-hybridized carbons (Fsp3) is 0. The maximum atomic E-state index is 11.9. The number of ether oxygens (including phenoxy) is 1. The second-order valence-electron chi connectivity index (χ2n) is 5.50. The van der Waals surface area contributed by atoms with E-state index in [1.165, 1.54) is 30.5 Å². The van der Waals surface area contributed by atoms with Crippen LogP contribution in [0.3, 0.4) is 0 Å². The van der Waals surface area contributed by atoms with Gasteiger partial charge in [-0.3, -0.25) is 14.9 Å². The molecule has 0 saturated heterocycles. The average Bonchev–Trinajstić information content (AvgIpc) is 2.70. The lowest BCUT2D eigenvalue weighted by Crippen LogP contribution is -2.17. The van der Waals surface area contributed by atoms with Gasteiger partial charge in [0.2, 0.25) is 5.88 Å². The van der Waals surface area contributed by atoms with Gasteiger partial charge < -0.3 is 9.84 Å². The first kappa shape index (κ1) is 18.5. The van der Waals surface area contributed by atoms with Crippen LogP contribution in [0.15, 0.2) is 72.0 Å². The third-order valence-electron chi connectivity index (χ3n) is 3.56. The molecule has 1 heterocycles. The number of para-hydroxylation sites is 1. The second kappa shape index (κ2) is 8.41. The minimum atomic E-state index is -0.539. The number of nitro groups is 1. The molecule has 0 radical (unpaired) electrons. The summed E-state index contributed by atoms with van der Waals surface area (Å²) in [7, 11) is 0. The lowest BCUT2D eigenvalue weighted by molar-refractivity contribution is -0.385. The minimum Gasteiger partial charge on any atom is -0.507 e. The maximum Gasteiger partial charge on any atom is 0.287 e. The molecule has 140 valence electrons. The highest BCUT2D eigenvalue weighted by molar-refractivity contribution is 5.97. The zero-order chi connectivity index (χ0) is 19.9. The van der Waals surface area contributed by atoms with Gasteiger partial charge in [0.1, 0.15) is 17.7 Å². The first-order chi connectivity index (χ1) is 13.5. The van der Waals surface area contributed by atoms with Crippen LogP contribution in [0.4, 0.5) is 5.69 Å². The molecule has 0 atom stereocenters. The van der Waals surface area contributed by atoms with Crippen molar-refractivity contribution in [1.82, 2.24) is 10.4 Å². The number of nitrogens with zero attached hydrogens (tertiary/aromatic N) is 3. The number of hydrogen-bond donors (Lipinski definition) is 2. The summed E-state index contributed by atoms with van der Waals surface area (Å²) in [6, 6.07) is 15.6. The number of benzene rings is 2. The monoisotopic (exact) mass is 378 g/mol. The molecule has 0 aliphatic heterocycles. The number of amides is 1. The molecule has 1 aromatic heterocycles. The standard InChI is InChI=1S/C19H14N4O5/c24-17-4-2-1-3-16(17)19(25)22-21-11-13-5-8-15(9-6-13)28-18-10-7-14(12-20-18)23(26)27/h1-12,24H,(H,22,25)/b21-11-. The summed E-state index contributed by atoms with van der Waals surface area (Å²) in [5.74, 6) is 0.0498. The van der Waals surface area contributed by atoms with Crippen LogP contribution < -0.4 is 10.2 Å². The third-order valence-corrected chi connectivity index (χ3v) is 3.56. The summed E-state index contributed by atoms with van der Waals surface area (Å²) < 4.78 is 5.51. The van der Waals surface area contributed by atoms with Gasteiger partial charge in [0.15, 0.2) is 0 Å². The molecule has 0 bridgehead atoms. The highest BCUT2D eigenvalue weighted by Gasteiger charge is 2.09. The molecule has 0 aliphatic rings. The van der Waals surface area contributed by atoms with Gasteiger partial charge >= 0.3 is 0 Å². The Morgan fingerprint density at radius 1 is 1.14 bits per heavy atom. The Morgan fingerprint density at radius 2 is 1.89 bits per heavy atom. The number of hydrogen-bond acceptors (Lipinski definition) is 7. The van der Waals surface area contributed by atoms with Gasteiger partial charge in [-0.25, -0.2) is 10.4 Å². The van der Waals surface area contributed by atoms with Crippen molar-refractivity contribution in [3.63, 3.8) is 0 Å². The van der Waals surface area contributed by atoms with Crippen LogP contribution in [-0.2, 0) is 0 Å². The predicted octanol–water partition coefficient (Wildman–Crippen LogP) is 3.25. The number of rotatable bonds is 6. The van der Waals surface area contributed by atoms with E-state index in [0.29, 0.717) is 11.3 Å². The second-order valence-corrected chi connectivity index (χ2v) is 5.50. The normalized spacial score (nSPS) is 10.6. The Balaban J connectivity index is 1.58. The first-order valence-corrected chi connectivity index (χ1v) is 8.03. The molecule has 3 aromatic rings. The van der Waals surface area contributed by atoms with Gasteiger partial charge in [0.25, 0.3) is 11.6 Å². The molecule has 0 saturated carbocycles. The van der Waals surface area contributed by atoms with Gasteiger partial charge in [-0.05, 0) is 42.0 Å². The highest BCUT2D eigenvalue weighted by Crippen LogP contribution is 2.21. The van der Waals surface area contributed by atoms with Crippen LogP contribution in [0.1, 0.15) is 15.9 Å². The first-order valence-electron chi connectivity index (χ1n) is 8.03. The summed E-state index contributed by atoms with van der Waals surface area (Å²) in [5, 5.41) is 24.1. The van der Waals surface area contributed by atoms with E-state index in [1.54, 1.807) is 36.4 Å². The van der Waals surface area contributed by atoms with Gasteiger partial charge in [-0.2, -0.15) is 5.10 Å². The zero-order valence-electron chi connectivity index (χ0n) is 14.4. The minimum absolute atomic E-state index is 0.121. The van der Waals surface area contributed by atoms with Crippen molar-refractivity contribution in [2.45, 2.75) is 0 Å². The van der Waals surface area contributed by atoms with E-state index in [1.807, 2.05) is 0 Å². The quantitative estimate of drug-likeness (QED) is 0.385. The van der Waals surface area contributed by atoms with Crippen LogP contribution in [0, 0.1) is 10.1 Å². The predicted molar refractivity (Wildman–Crippen MR) is 101 cm³/mol. The topological polar surface area (TPSA) is 127 Å². The SMILES string of the molecule is O=C(N/N=C\c1ccc(Oc2ccc([N+](=O)[O-])cn2)cc1)c1ccccc1O. The van der Waals surface area contributed by atoms with E-state index >= 15 is 0 Å². The van der Waals surface area contributed by atoms with Crippen LogP contribution in [0.2, 0.25) is 0 Å². The van der Waals surface area contributed by atoms with Crippen molar-refractivity contribution in [1.29, 1.82) is 0 Å². The number of aromatic hydroxyl groups is 1. The molecule has 9 nitrogen and oxygen atoms in total. The van der Waals surface area contributed by atoms with E-state index < -0.39 is 10.8 Å². The number of phenolic OH excluding ortho intramolecular Hbond substituents is 1. The summed E-state index contributed by atoms with van der Waals surface area (Å²) >= 11 is 0. The molecule has 0 aliphatic carbocycles. The van der Waals surface area contributed by atoms with Crippen molar-refractivity contribution in [3.8, 4) is 17.4 Å². The Bertz CT molecular complexity index is 1020. The van der Waals surface area contributed by atoms with E-state index in [2.05, 4.69) is 15.5 Å². The average molecular weight is 378 g/mol. The summed E-state index contributed by atoms with van der Waals surface area (Å²) in [4.78, 5) is 25.9. The zero-order valence-corrected chi connectivity index (χ0v) is 14.4. The molecule has 0 fully saturated rings. The molecule has 3 rings (SSSR count). The summed E-state index contributed by atoms with van der Waals surface area (Å²) in [6.45, 7) is 0. The number of hydrazone groups is 1. The van der Waals surface area contributed by atoms with Crippen LogP contribution >= 0.6 is 0 Å². The smallest absolute Gasteiger partial charge is 0.287 e. The number of pyridine rings is 1. The van der Waals surface area contributed by atoms with E-state index in [9.17, 15) is 20.0 Å². The number of carbonyl (C=O) groups is 1. The number of aromatic nitrogens is 1. The molecule has 2 N–H and O–H groups in total. The molecule has 9 heteroatoms. The number of phenols is 1. The van der Waals surface area contributed by atoms with Crippen molar-refractivity contribution in [2.24, 2.45) is 5.10 Å². The van der Waals surface area contributed by atoms with E-state index in [4.69, 9.17) is 4.74 Å². The van der Waals surface area contributed by atoms with Crippen LogP contribution in [-0.4, -0.2) is 27.1 Å². The van der Waals surface area contributed by atoms with Crippen molar-refractivity contribution < 1.29 is 19.6 Å². The van der Waals surface area contributed by atoms with Crippen molar-refractivity contribution >= 4 is 17.8 Å². The maximum absolute atomic E-state index is 11.9. The lowest BCUT2D eigenvalue weighted by Gasteiger charge is -2.04. The Labute approximate surface area is 159 Å². The van der Waals surface area contributed by atoms with Gasteiger partial charge in [-0.15, -0.1) is 0 Å². The van der Waals surface area contributed by atoms with Gasteiger partial charge in [-0.1, -0.05) is 12.1 Å². The number of carbonyl (C=O) groups excluding carboxylic acids is 1. The molecule has 0 spiro atoms. The fourth-order valence-corrected chi connectivity index (χ4v) is 2.17. The lowest BCUT2D eigenvalue weighted by atomic mass is 10.2. The number of nitrogens with one attached hydrogen (secondary N) is 1. The highest BCUT2D eigenvalue weighted by atomic mass is 16.6. The molecule has 1 amide bonds. The Kier molecular flexibility index (Phi) is 5.56. The summed E-state index contributed by atoms with van der Waals surface area (Å²) in [5.41, 5.74) is 3.03. The molecule has 28 heavy (non-hydrogen) atoms. The van der Waals surface area contributed by atoms with Gasteiger partial charge in [0.05, 0.1) is 16.7 Å².